The number of hydrogen-bond acceptors (Lipinski definition) is 3. The topological polar surface area (TPSA) is 61.7 Å². The molecule has 1 saturated heterocycles. The number of nitrogens with zero attached hydrogens (tertiary/aromatic N) is 1. The van der Waals surface area contributed by atoms with Crippen molar-refractivity contribution in [2.45, 2.75) is 26.3 Å². The number of aliphatic imine (C=N–C) groups is 1. The minimum absolute atomic E-state index is 0.00773. The van der Waals surface area contributed by atoms with Crippen LogP contribution >= 0.6 is 0 Å². The maximum atomic E-state index is 11.5. The van der Waals surface area contributed by atoms with E-state index in [9.17, 15) is 9.90 Å². The Morgan fingerprint density at radius 3 is 3.00 bits per heavy atom. The molecule has 1 amide bonds. The van der Waals surface area contributed by atoms with E-state index in [-0.39, 0.29) is 17.7 Å². The molecule has 4 nitrogen and oxygen atoms in total. The number of carbonyl (C=O) groups is 1. The van der Waals surface area contributed by atoms with Gasteiger partial charge in [0.1, 0.15) is 5.76 Å². The summed E-state index contributed by atoms with van der Waals surface area (Å²) in [6.45, 7) is 4.37. The molecule has 2 heterocycles. The number of aliphatic hydroxyl groups excluding tert-OH is 1. The van der Waals surface area contributed by atoms with Gasteiger partial charge < -0.3 is 10.4 Å². The fourth-order valence-corrected chi connectivity index (χ4v) is 2.05. The van der Waals surface area contributed by atoms with Gasteiger partial charge in [-0.2, -0.15) is 0 Å². The van der Waals surface area contributed by atoms with E-state index in [0.717, 1.165) is 18.7 Å². The second kappa shape index (κ2) is 3.12. The first-order valence-electron chi connectivity index (χ1n) is 4.86. The summed E-state index contributed by atoms with van der Waals surface area (Å²) in [5.41, 5.74) is 1.12. The van der Waals surface area contributed by atoms with Crippen molar-refractivity contribution in [1.82, 2.24) is 5.32 Å². The number of rotatable bonds is 0. The Morgan fingerprint density at radius 2 is 2.36 bits per heavy atom. The summed E-state index contributed by atoms with van der Waals surface area (Å²) in [7, 11) is 0. The summed E-state index contributed by atoms with van der Waals surface area (Å²) >= 11 is 0. The first kappa shape index (κ1) is 9.24. The lowest BCUT2D eigenvalue weighted by atomic mass is 9.91. The van der Waals surface area contributed by atoms with Crippen LogP contribution in [0.2, 0.25) is 0 Å². The SMILES string of the molecule is C/C(O)=C1/C(=O)NC2C1=NCCC2C. The van der Waals surface area contributed by atoms with Gasteiger partial charge in [-0.25, -0.2) is 0 Å². The molecule has 0 aromatic carbocycles. The second-order valence-corrected chi connectivity index (χ2v) is 3.94. The maximum absolute atomic E-state index is 11.5. The number of allylic oxidation sites excluding steroid dienone is 1. The van der Waals surface area contributed by atoms with E-state index in [1.54, 1.807) is 0 Å². The first-order chi connectivity index (χ1) is 6.61. The average Bonchev–Trinajstić information content (AvgIpc) is 2.42. The smallest absolute Gasteiger partial charge is 0.257 e. The zero-order chi connectivity index (χ0) is 10.3. The molecule has 2 rings (SSSR count). The summed E-state index contributed by atoms with van der Waals surface area (Å²) in [5.74, 6) is 0.281. The summed E-state index contributed by atoms with van der Waals surface area (Å²) < 4.78 is 0. The standard InChI is InChI=1S/C10H14N2O2/c1-5-3-4-11-9-7(6(2)13)10(14)12-8(5)9/h5,8,13H,3-4H2,1-2H3,(H,12,14)/b7-6-. The van der Waals surface area contributed by atoms with Crippen molar-refractivity contribution >= 4 is 11.6 Å². The highest BCUT2D eigenvalue weighted by molar-refractivity contribution is 6.29. The summed E-state index contributed by atoms with van der Waals surface area (Å²) in [5, 5.41) is 12.2. The van der Waals surface area contributed by atoms with E-state index >= 15 is 0 Å². The van der Waals surface area contributed by atoms with Gasteiger partial charge in [0.25, 0.3) is 5.91 Å². The van der Waals surface area contributed by atoms with Crippen LogP contribution in [-0.2, 0) is 4.79 Å². The first-order valence-corrected chi connectivity index (χ1v) is 4.86. The third-order valence-electron chi connectivity index (χ3n) is 2.86. The second-order valence-electron chi connectivity index (χ2n) is 3.94. The summed E-state index contributed by atoms with van der Waals surface area (Å²) in [6, 6.07) is 0.00773. The molecule has 0 saturated carbocycles. The van der Waals surface area contributed by atoms with Gasteiger partial charge in [-0.1, -0.05) is 6.92 Å². The lowest BCUT2D eigenvalue weighted by Crippen LogP contribution is -2.38. The number of aliphatic hydroxyl groups is 1. The van der Waals surface area contributed by atoms with Gasteiger partial charge in [-0.3, -0.25) is 9.79 Å². The van der Waals surface area contributed by atoms with Crippen LogP contribution in [0.25, 0.3) is 0 Å². The fraction of sp³-hybridized carbons (Fsp3) is 0.600. The number of hydrogen-bond donors (Lipinski definition) is 2. The predicted molar refractivity (Wildman–Crippen MR) is 53.3 cm³/mol. The molecule has 0 spiro atoms. The van der Waals surface area contributed by atoms with Crippen molar-refractivity contribution in [3.63, 3.8) is 0 Å². The van der Waals surface area contributed by atoms with Crippen LogP contribution < -0.4 is 5.32 Å². The Kier molecular flexibility index (Phi) is 2.06. The van der Waals surface area contributed by atoms with Crippen LogP contribution in [-0.4, -0.2) is 29.3 Å². The molecule has 4 heteroatoms. The lowest BCUT2D eigenvalue weighted by Gasteiger charge is -2.23. The van der Waals surface area contributed by atoms with Gasteiger partial charge in [-0.05, 0) is 19.3 Å². The van der Waals surface area contributed by atoms with Crippen LogP contribution in [0, 0.1) is 5.92 Å². The van der Waals surface area contributed by atoms with Gasteiger partial charge in [0.2, 0.25) is 0 Å². The number of nitrogens with one attached hydrogen (secondary N) is 1. The average molecular weight is 194 g/mol. The van der Waals surface area contributed by atoms with Crippen LogP contribution in [0.3, 0.4) is 0 Å². The Hall–Kier alpha value is -1.32. The van der Waals surface area contributed by atoms with Gasteiger partial charge >= 0.3 is 0 Å². The molecule has 76 valence electrons. The quantitative estimate of drug-likeness (QED) is 0.442. The van der Waals surface area contributed by atoms with E-state index < -0.39 is 0 Å². The molecule has 2 atom stereocenters. The molecule has 0 aliphatic carbocycles. The minimum Gasteiger partial charge on any atom is -0.512 e. The third-order valence-corrected chi connectivity index (χ3v) is 2.86. The van der Waals surface area contributed by atoms with Crippen molar-refractivity contribution in [3.8, 4) is 0 Å². The van der Waals surface area contributed by atoms with Crippen LogP contribution in [0.4, 0.5) is 0 Å². The highest BCUT2D eigenvalue weighted by Gasteiger charge is 2.39. The van der Waals surface area contributed by atoms with E-state index in [2.05, 4.69) is 17.2 Å². The van der Waals surface area contributed by atoms with E-state index in [4.69, 9.17) is 0 Å². The molecule has 2 N–H and O–H groups in total. The van der Waals surface area contributed by atoms with Crippen molar-refractivity contribution in [1.29, 1.82) is 0 Å². The zero-order valence-electron chi connectivity index (χ0n) is 8.37. The Balaban J connectivity index is 2.44. The number of amides is 1. The molecule has 0 aromatic rings. The Labute approximate surface area is 82.7 Å². The van der Waals surface area contributed by atoms with Crippen LogP contribution in [0.15, 0.2) is 16.3 Å². The monoisotopic (exact) mass is 194 g/mol. The summed E-state index contributed by atoms with van der Waals surface area (Å²) in [4.78, 5) is 15.8. The normalized spacial score (nSPS) is 34.7. The van der Waals surface area contributed by atoms with Crippen molar-refractivity contribution in [2.24, 2.45) is 10.9 Å². The third kappa shape index (κ3) is 1.22. The molecule has 2 unspecified atom stereocenters. The Morgan fingerprint density at radius 1 is 1.64 bits per heavy atom. The Bertz CT molecular complexity index is 340. The van der Waals surface area contributed by atoms with E-state index in [1.807, 2.05) is 0 Å². The molecular weight excluding hydrogens is 180 g/mol. The molecule has 14 heavy (non-hydrogen) atoms. The number of carbonyl (C=O) groups excluding carboxylic acids is 1. The molecule has 1 fully saturated rings. The van der Waals surface area contributed by atoms with E-state index in [0.29, 0.717) is 11.5 Å². The lowest BCUT2D eigenvalue weighted by molar-refractivity contribution is -0.116. The van der Waals surface area contributed by atoms with Crippen molar-refractivity contribution in [2.75, 3.05) is 6.54 Å². The van der Waals surface area contributed by atoms with E-state index in [1.165, 1.54) is 6.92 Å². The highest BCUT2D eigenvalue weighted by Crippen LogP contribution is 2.25. The van der Waals surface area contributed by atoms with Crippen molar-refractivity contribution < 1.29 is 9.90 Å². The van der Waals surface area contributed by atoms with Gasteiger partial charge in [-0.15, -0.1) is 0 Å². The molecule has 0 radical (unpaired) electrons. The fourth-order valence-electron chi connectivity index (χ4n) is 2.05. The molecule has 2 aliphatic rings. The molecule has 2 aliphatic heterocycles. The molecular formula is C10H14N2O2. The largest absolute Gasteiger partial charge is 0.512 e. The highest BCUT2D eigenvalue weighted by atomic mass is 16.3. The predicted octanol–water partition coefficient (Wildman–Crippen LogP) is 0.798. The van der Waals surface area contributed by atoms with Crippen LogP contribution in [0.1, 0.15) is 20.3 Å². The molecule has 0 aromatic heterocycles. The van der Waals surface area contributed by atoms with Gasteiger partial charge in [0, 0.05) is 6.54 Å². The maximum Gasteiger partial charge on any atom is 0.257 e. The zero-order valence-corrected chi connectivity index (χ0v) is 8.37. The van der Waals surface area contributed by atoms with Gasteiger partial charge in [0.15, 0.2) is 0 Å². The number of fused-ring (bicyclic) bond motifs is 1. The van der Waals surface area contributed by atoms with Crippen molar-refractivity contribution in [3.05, 3.63) is 11.3 Å². The minimum atomic E-state index is -0.192. The molecule has 0 bridgehead atoms. The summed E-state index contributed by atoms with van der Waals surface area (Å²) in [6.07, 6.45) is 0.992. The van der Waals surface area contributed by atoms with Gasteiger partial charge in [0.05, 0.1) is 17.3 Å². The van der Waals surface area contributed by atoms with Crippen LogP contribution in [0.5, 0.6) is 0 Å².